The Kier molecular flexibility index (Phi) is 2.60. The molecule has 1 nitrogen and oxygen atoms in total. The zero-order chi connectivity index (χ0) is 9.97. The first-order valence-electron chi connectivity index (χ1n) is 4.49. The molecular formula is C12H10BrN. The van der Waals surface area contributed by atoms with Gasteiger partial charge in [0, 0.05) is 29.2 Å². The predicted octanol–water partition coefficient (Wildman–Crippen LogP) is 3.43. The topological polar surface area (TPSA) is 4.93 Å². The highest BCUT2D eigenvalue weighted by atomic mass is 79.9. The van der Waals surface area contributed by atoms with Crippen molar-refractivity contribution >= 4 is 26.8 Å². The Balaban J connectivity index is 2.46. The summed E-state index contributed by atoms with van der Waals surface area (Å²) in [5.41, 5.74) is 1.23. The number of halogens is 1. The number of aryl methyl sites for hydroxylation is 1. The predicted molar refractivity (Wildman–Crippen MR) is 63.1 cm³/mol. The second kappa shape index (κ2) is 3.89. The van der Waals surface area contributed by atoms with Crippen LogP contribution >= 0.6 is 15.9 Å². The largest absolute Gasteiger partial charge is 0.346 e. The lowest BCUT2D eigenvalue weighted by atomic mass is 10.2. The van der Waals surface area contributed by atoms with Crippen LogP contribution < -0.4 is 0 Å². The molecule has 2 aromatic rings. The van der Waals surface area contributed by atoms with E-state index in [1.165, 1.54) is 10.9 Å². The van der Waals surface area contributed by atoms with Crippen molar-refractivity contribution < 1.29 is 0 Å². The number of aromatic nitrogens is 1. The minimum atomic E-state index is 0.774. The van der Waals surface area contributed by atoms with E-state index < -0.39 is 0 Å². The summed E-state index contributed by atoms with van der Waals surface area (Å²) in [5.74, 6) is 2.65. The minimum absolute atomic E-state index is 0.774. The summed E-state index contributed by atoms with van der Waals surface area (Å²) in [6.45, 7) is 0.885. The summed E-state index contributed by atoms with van der Waals surface area (Å²) in [4.78, 5) is 0. The first-order valence-corrected chi connectivity index (χ1v) is 5.28. The van der Waals surface area contributed by atoms with Gasteiger partial charge in [0.2, 0.25) is 0 Å². The first kappa shape index (κ1) is 9.36. The Morgan fingerprint density at radius 1 is 1.36 bits per heavy atom. The molecule has 1 aromatic carbocycles. The zero-order valence-electron chi connectivity index (χ0n) is 7.70. The van der Waals surface area contributed by atoms with Crippen molar-refractivity contribution in [3.8, 4) is 12.3 Å². The molecule has 0 bridgehead atoms. The van der Waals surface area contributed by atoms with Gasteiger partial charge in [-0.3, -0.25) is 0 Å². The standard InChI is InChI=1S/C12H10BrN/c1-2-3-7-14-8-6-10-4-5-11(13)9-12(10)14/h1,4-6,8-9H,3,7H2. The maximum Gasteiger partial charge on any atom is 0.0491 e. The Bertz CT molecular complexity index is 490. The lowest BCUT2D eigenvalue weighted by Crippen LogP contribution is -1.94. The molecule has 70 valence electrons. The minimum Gasteiger partial charge on any atom is -0.346 e. The van der Waals surface area contributed by atoms with Crippen molar-refractivity contribution in [1.82, 2.24) is 4.57 Å². The van der Waals surface area contributed by atoms with Crippen LogP contribution in [0.15, 0.2) is 34.9 Å². The van der Waals surface area contributed by atoms with E-state index in [9.17, 15) is 0 Å². The molecule has 2 rings (SSSR count). The van der Waals surface area contributed by atoms with E-state index in [0.717, 1.165) is 17.4 Å². The number of terminal acetylenes is 1. The van der Waals surface area contributed by atoms with E-state index >= 15 is 0 Å². The van der Waals surface area contributed by atoms with Gasteiger partial charge in [-0.25, -0.2) is 0 Å². The molecule has 0 N–H and O–H groups in total. The highest BCUT2D eigenvalue weighted by molar-refractivity contribution is 9.10. The van der Waals surface area contributed by atoms with Gasteiger partial charge >= 0.3 is 0 Å². The van der Waals surface area contributed by atoms with E-state index in [1.54, 1.807) is 0 Å². The summed E-state index contributed by atoms with van der Waals surface area (Å²) in [7, 11) is 0. The fourth-order valence-corrected chi connectivity index (χ4v) is 1.89. The summed E-state index contributed by atoms with van der Waals surface area (Å²) >= 11 is 3.47. The SMILES string of the molecule is C#CCCn1ccc2ccc(Br)cc21. The van der Waals surface area contributed by atoms with Gasteiger partial charge in [-0.2, -0.15) is 0 Å². The number of hydrogen-bond acceptors (Lipinski definition) is 0. The van der Waals surface area contributed by atoms with Gasteiger partial charge in [0.05, 0.1) is 0 Å². The molecule has 0 atom stereocenters. The van der Waals surface area contributed by atoms with E-state index in [1.807, 2.05) is 6.07 Å². The molecule has 0 saturated heterocycles. The average Bonchev–Trinajstić information content (AvgIpc) is 2.57. The molecule has 0 unspecified atom stereocenters. The van der Waals surface area contributed by atoms with Crippen LogP contribution in [0.5, 0.6) is 0 Å². The maximum atomic E-state index is 5.25. The second-order valence-electron chi connectivity index (χ2n) is 3.17. The monoisotopic (exact) mass is 247 g/mol. The van der Waals surface area contributed by atoms with Crippen molar-refractivity contribution in [2.24, 2.45) is 0 Å². The zero-order valence-corrected chi connectivity index (χ0v) is 9.29. The number of rotatable bonds is 2. The molecule has 0 saturated carbocycles. The van der Waals surface area contributed by atoms with Crippen LogP contribution in [0.2, 0.25) is 0 Å². The third-order valence-corrected chi connectivity index (χ3v) is 2.73. The molecule has 0 aliphatic rings. The van der Waals surface area contributed by atoms with E-state index in [0.29, 0.717) is 0 Å². The second-order valence-corrected chi connectivity index (χ2v) is 4.08. The highest BCUT2D eigenvalue weighted by Gasteiger charge is 2.00. The summed E-state index contributed by atoms with van der Waals surface area (Å²) in [6.07, 6.45) is 8.10. The third kappa shape index (κ3) is 1.69. The van der Waals surface area contributed by atoms with Crippen molar-refractivity contribution in [3.63, 3.8) is 0 Å². The van der Waals surface area contributed by atoms with Gasteiger partial charge in [-0.15, -0.1) is 12.3 Å². The molecular weight excluding hydrogens is 238 g/mol. The van der Waals surface area contributed by atoms with Crippen LogP contribution in [0.3, 0.4) is 0 Å². The molecule has 1 heterocycles. The van der Waals surface area contributed by atoms with Crippen LogP contribution in [0.25, 0.3) is 10.9 Å². The molecule has 0 aliphatic carbocycles. The van der Waals surface area contributed by atoms with Crippen LogP contribution in [0, 0.1) is 12.3 Å². The van der Waals surface area contributed by atoms with E-state index in [4.69, 9.17) is 6.42 Å². The molecule has 0 amide bonds. The van der Waals surface area contributed by atoms with Gasteiger partial charge in [0.1, 0.15) is 0 Å². The molecule has 0 radical (unpaired) electrons. The Labute approximate surface area is 91.9 Å². The maximum absolute atomic E-state index is 5.25. The van der Waals surface area contributed by atoms with Crippen molar-refractivity contribution in [3.05, 3.63) is 34.9 Å². The molecule has 2 heteroatoms. The van der Waals surface area contributed by atoms with Gasteiger partial charge in [-0.1, -0.05) is 22.0 Å². The van der Waals surface area contributed by atoms with Crippen LogP contribution in [0.4, 0.5) is 0 Å². The smallest absolute Gasteiger partial charge is 0.0491 e. The van der Waals surface area contributed by atoms with Gasteiger partial charge in [0.25, 0.3) is 0 Å². The number of nitrogens with zero attached hydrogens (tertiary/aromatic N) is 1. The van der Waals surface area contributed by atoms with E-state index in [-0.39, 0.29) is 0 Å². The molecule has 0 fully saturated rings. The van der Waals surface area contributed by atoms with Crippen LogP contribution in [-0.2, 0) is 6.54 Å². The number of fused-ring (bicyclic) bond motifs is 1. The summed E-state index contributed by atoms with van der Waals surface area (Å²) < 4.78 is 3.28. The Morgan fingerprint density at radius 3 is 3.00 bits per heavy atom. The molecule has 1 aromatic heterocycles. The summed E-state index contributed by atoms with van der Waals surface area (Å²) in [6, 6.07) is 8.38. The third-order valence-electron chi connectivity index (χ3n) is 2.23. The molecule has 0 spiro atoms. The Hall–Kier alpha value is -1.20. The fraction of sp³-hybridized carbons (Fsp3) is 0.167. The number of hydrogen-bond donors (Lipinski definition) is 0. The average molecular weight is 248 g/mol. The normalized spacial score (nSPS) is 10.3. The molecule has 14 heavy (non-hydrogen) atoms. The van der Waals surface area contributed by atoms with Gasteiger partial charge in [0.15, 0.2) is 0 Å². The number of benzene rings is 1. The lowest BCUT2D eigenvalue weighted by Gasteiger charge is -2.02. The van der Waals surface area contributed by atoms with Crippen molar-refractivity contribution in [2.75, 3.05) is 0 Å². The Morgan fingerprint density at radius 2 is 2.21 bits per heavy atom. The molecule has 0 aliphatic heterocycles. The van der Waals surface area contributed by atoms with Crippen LogP contribution in [-0.4, -0.2) is 4.57 Å². The van der Waals surface area contributed by atoms with Gasteiger partial charge in [-0.05, 0) is 23.6 Å². The van der Waals surface area contributed by atoms with Crippen molar-refractivity contribution in [1.29, 1.82) is 0 Å². The van der Waals surface area contributed by atoms with E-state index in [2.05, 4.69) is 50.8 Å². The lowest BCUT2D eigenvalue weighted by molar-refractivity contribution is 0.749. The van der Waals surface area contributed by atoms with Crippen LogP contribution in [0.1, 0.15) is 6.42 Å². The van der Waals surface area contributed by atoms with Crippen molar-refractivity contribution in [2.45, 2.75) is 13.0 Å². The fourth-order valence-electron chi connectivity index (χ4n) is 1.54. The van der Waals surface area contributed by atoms with Gasteiger partial charge < -0.3 is 4.57 Å². The summed E-state index contributed by atoms with van der Waals surface area (Å²) in [5, 5.41) is 1.25. The quantitative estimate of drug-likeness (QED) is 0.717. The first-order chi connectivity index (χ1) is 6.81. The highest BCUT2D eigenvalue weighted by Crippen LogP contribution is 2.20.